The van der Waals surface area contributed by atoms with Gasteiger partial charge < -0.3 is 15.7 Å². The number of piperidine rings is 1. The van der Waals surface area contributed by atoms with Crippen molar-refractivity contribution in [2.45, 2.75) is 43.8 Å². The minimum absolute atomic E-state index is 0.0486. The quantitative estimate of drug-likeness (QED) is 0.789. The summed E-state index contributed by atoms with van der Waals surface area (Å²) in [5.41, 5.74) is 6.41. The number of benzene rings is 1. The maximum absolute atomic E-state index is 12.5. The zero-order chi connectivity index (χ0) is 12.7. The van der Waals surface area contributed by atoms with Gasteiger partial charge in [-0.25, -0.2) is 0 Å². The maximum Gasteiger partial charge on any atom is 0.258 e. The third kappa shape index (κ3) is 1.77. The number of hydrogen-bond acceptors (Lipinski definition) is 3. The number of carbonyl (C=O) groups excluding carboxylic acids is 1. The van der Waals surface area contributed by atoms with Gasteiger partial charge in [0.2, 0.25) is 0 Å². The first-order valence-corrected chi connectivity index (χ1v) is 6.53. The van der Waals surface area contributed by atoms with Crippen molar-refractivity contribution in [3.05, 3.63) is 29.8 Å². The number of hydrogen-bond donors (Lipinski definition) is 2. The number of fused-ring (bicyclic) bond motifs is 2. The lowest BCUT2D eigenvalue weighted by molar-refractivity contribution is 0.0572. The smallest absolute Gasteiger partial charge is 0.258 e. The molecule has 2 unspecified atom stereocenters. The van der Waals surface area contributed by atoms with Crippen LogP contribution in [0.1, 0.15) is 36.0 Å². The number of rotatable bonds is 1. The number of phenolic OH excluding ortho intramolecular Hbond substituents is 1. The molecule has 18 heavy (non-hydrogen) atoms. The molecule has 1 aromatic carbocycles. The van der Waals surface area contributed by atoms with Gasteiger partial charge in [0.15, 0.2) is 0 Å². The molecule has 1 amide bonds. The molecule has 0 aliphatic carbocycles. The van der Waals surface area contributed by atoms with E-state index in [-0.39, 0.29) is 29.8 Å². The predicted molar refractivity (Wildman–Crippen MR) is 68.3 cm³/mol. The molecular formula is C14H18N2O2. The van der Waals surface area contributed by atoms with Crippen molar-refractivity contribution < 1.29 is 9.90 Å². The van der Waals surface area contributed by atoms with Crippen LogP contribution in [0.4, 0.5) is 0 Å². The van der Waals surface area contributed by atoms with Crippen LogP contribution in [0.3, 0.4) is 0 Å². The zero-order valence-electron chi connectivity index (χ0n) is 10.2. The largest absolute Gasteiger partial charge is 0.507 e. The molecule has 2 bridgehead atoms. The fraction of sp³-hybridized carbons (Fsp3) is 0.500. The van der Waals surface area contributed by atoms with Crippen LogP contribution in [0.15, 0.2) is 24.3 Å². The normalized spacial score (nSPS) is 30.5. The first-order chi connectivity index (χ1) is 8.66. The molecule has 0 aromatic heterocycles. The van der Waals surface area contributed by atoms with Gasteiger partial charge in [0.05, 0.1) is 5.56 Å². The summed E-state index contributed by atoms with van der Waals surface area (Å²) < 4.78 is 0. The molecule has 2 aliphatic rings. The Kier molecular flexibility index (Phi) is 2.74. The van der Waals surface area contributed by atoms with E-state index < -0.39 is 0 Å². The van der Waals surface area contributed by atoms with Gasteiger partial charge in [0.1, 0.15) is 5.75 Å². The molecule has 0 radical (unpaired) electrons. The number of phenols is 1. The lowest BCUT2D eigenvalue weighted by Gasteiger charge is -2.37. The zero-order valence-corrected chi connectivity index (χ0v) is 10.2. The lowest BCUT2D eigenvalue weighted by Crippen LogP contribution is -2.50. The first kappa shape index (κ1) is 11.5. The van der Waals surface area contributed by atoms with Crippen molar-refractivity contribution in [2.24, 2.45) is 5.73 Å². The van der Waals surface area contributed by atoms with Gasteiger partial charge in [-0.3, -0.25) is 4.79 Å². The predicted octanol–water partition coefficient (Wildman–Crippen LogP) is 1.49. The molecule has 0 spiro atoms. The van der Waals surface area contributed by atoms with Gasteiger partial charge in [0, 0.05) is 18.1 Å². The average molecular weight is 246 g/mol. The third-order valence-corrected chi connectivity index (χ3v) is 4.14. The molecule has 96 valence electrons. The van der Waals surface area contributed by atoms with Crippen molar-refractivity contribution in [1.82, 2.24) is 4.90 Å². The van der Waals surface area contributed by atoms with Crippen LogP contribution in [0, 0.1) is 0 Å². The second-order valence-electron chi connectivity index (χ2n) is 5.35. The summed E-state index contributed by atoms with van der Waals surface area (Å²) in [4.78, 5) is 14.5. The van der Waals surface area contributed by atoms with E-state index in [9.17, 15) is 9.90 Å². The van der Waals surface area contributed by atoms with E-state index in [0.29, 0.717) is 5.56 Å². The van der Waals surface area contributed by atoms with Crippen molar-refractivity contribution >= 4 is 5.91 Å². The van der Waals surface area contributed by atoms with Gasteiger partial charge >= 0.3 is 0 Å². The summed E-state index contributed by atoms with van der Waals surface area (Å²) in [7, 11) is 0. The second-order valence-corrected chi connectivity index (χ2v) is 5.35. The van der Waals surface area contributed by atoms with Gasteiger partial charge in [-0.2, -0.15) is 0 Å². The minimum atomic E-state index is -0.0486. The maximum atomic E-state index is 12.5. The molecule has 2 fully saturated rings. The highest BCUT2D eigenvalue weighted by atomic mass is 16.3. The fourth-order valence-corrected chi connectivity index (χ4v) is 3.34. The van der Waals surface area contributed by atoms with E-state index >= 15 is 0 Å². The number of carbonyl (C=O) groups is 1. The molecule has 2 aliphatic heterocycles. The summed E-state index contributed by atoms with van der Waals surface area (Å²) in [6.45, 7) is 0. The summed E-state index contributed by atoms with van der Waals surface area (Å²) >= 11 is 0. The molecule has 3 rings (SSSR count). The standard InChI is InChI=1S/C14H18N2O2/c15-9-7-10-5-6-11(8-9)16(10)14(18)12-3-1-2-4-13(12)17/h1-4,9-11,17H,5-8,15H2. The monoisotopic (exact) mass is 246 g/mol. The van der Waals surface area contributed by atoms with Gasteiger partial charge in [-0.1, -0.05) is 12.1 Å². The van der Waals surface area contributed by atoms with Gasteiger partial charge in [0.25, 0.3) is 5.91 Å². The lowest BCUT2D eigenvalue weighted by atomic mass is 9.97. The van der Waals surface area contributed by atoms with Crippen LogP contribution in [0.25, 0.3) is 0 Å². The Labute approximate surface area is 106 Å². The molecular weight excluding hydrogens is 228 g/mol. The molecule has 4 heteroatoms. The van der Waals surface area contributed by atoms with Crippen molar-refractivity contribution in [3.8, 4) is 5.75 Å². The Hall–Kier alpha value is -1.55. The molecule has 0 saturated carbocycles. The Balaban J connectivity index is 1.88. The van der Waals surface area contributed by atoms with Crippen molar-refractivity contribution in [2.75, 3.05) is 0 Å². The molecule has 1 aromatic rings. The fourth-order valence-electron chi connectivity index (χ4n) is 3.34. The van der Waals surface area contributed by atoms with Crippen molar-refractivity contribution in [1.29, 1.82) is 0 Å². The Morgan fingerprint density at radius 3 is 2.44 bits per heavy atom. The van der Waals surface area contributed by atoms with Gasteiger partial charge in [-0.05, 0) is 37.8 Å². The number of amides is 1. The summed E-state index contributed by atoms with van der Waals surface area (Å²) in [5, 5.41) is 9.78. The number of nitrogens with two attached hydrogens (primary N) is 1. The first-order valence-electron chi connectivity index (χ1n) is 6.53. The highest BCUT2D eigenvalue weighted by molar-refractivity contribution is 5.97. The molecule has 2 heterocycles. The SMILES string of the molecule is NC1CC2CCC(C1)N2C(=O)c1ccccc1O. The Morgan fingerprint density at radius 1 is 1.22 bits per heavy atom. The van der Waals surface area contributed by atoms with Gasteiger partial charge in [-0.15, -0.1) is 0 Å². The van der Waals surface area contributed by atoms with E-state index in [1.165, 1.54) is 0 Å². The Morgan fingerprint density at radius 2 is 1.83 bits per heavy atom. The number of aromatic hydroxyl groups is 1. The van der Waals surface area contributed by atoms with Crippen LogP contribution in [0.2, 0.25) is 0 Å². The summed E-state index contributed by atoms with van der Waals surface area (Å²) in [5.74, 6) is 0.0178. The molecule has 2 saturated heterocycles. The van der Waals surface area contributed by atoms with Crippen LogP contribution in [-0.2, 0) is 0 Å². The minimum Gasteiger partial charge on any atom is -0.507 e. The second kappa shape index (κ2) is 4.28. The summed E-state index contributed by atoms with van der Waals surface area (Å²) in [6.07, 6.45) is 3.85. The van der Waals surface area contributed by atoms with Crippen molar-refractivity contribution in [3.63, 3.8) is 0 Å². The van der Waals surface area contributed by atoms with Crippen LogP contribution < -0.4 is 5.73 Å². The van der Waals surface area contributed by atoms with Crippen LogP contribution >= 0.6 is 0 Å². The molecule has 2 atom stereocenters. The molecule has 4 nitrogen and oxygen atoms in total. The van der Waals surface area contributed by atoms with E-state index in [2.05, 4.69) is 0 Å². The van der Waals surface area contributed by atoms with E-state index in [4.69, 9.17) is 5.73 Å². The number of para-hydroxylation sites is 1. The topological polar surface area (TPSA) is 66.6 Å². The van der Waals surface area contributed by atoms with Crippen LogP contribution in [-0.4, -0.2) is 34.0 Å². The highest BCUT2D eigenvalue weighted by Crippen LogP contribution is 2.37. The third-order valence-electron chi connectivity index (χ3n) is 4.14. The highest BCUT2D eigenvalue weighted by Gasteiger charge is 2.42. The van der Waals surface area contributed by atoms with E-state index in [1.807, 2.05) is 4.90 Å². The molecule has 3 N–H and O–H groups in total. The van der Waals surface area contributed by atoms with Crippen LogP contribution in [0.5, 0.6) is 5.75 Å². The summed E-state index contributed by atoms with van der Waals surface area (Å²) in [6, 6.07) is 7.49. The average Bonchev–Trinajstić information content (AvgIpc) is 2.61. The Bertz CT molecular complexity index is 461. The van der Waals surface area contributed by atoms with E-state index in [0.717, 1.165) is 25.7 Å². The number of nitrogens with zero attached hydrogens (tertiary/aromatic N) is 1. The van der Waals surface area contributed by atoms with E-state index in [1.54, 1.807) is 24.3 Å².